The van der Waals surface area contributed by atoms with Crippen molar-refractivity contribution in [3.8, 4) is 0 Å². The summed E-state index contributed by atoms with van der Waals surface area (Å²) in [5, 5.41) is 11.7. The molecule has 1 heterocycles. The molecule has 2 unspecified atom stereocenters. The van der Waals surface area contributed by atoms with Gasteiger partial charge >= 0.3 is 0 Å². The van der Waals surface area contributed by atoms with Crippen LogP contribution in [-0.4, -0.2) is 10.4 Å². The van der Waals surface area contributed by atoms with Crippen LogP contribution in [0.15, 0.2) is 12.1 Å². The third kappa shape index (κ3) is 2.01. The average Bonchev–Trinajstić information content (AvgIpc) is 2.23. The predicted octanol–water partition coefficient (Wildman–Crippen LogP) is 4.05. The van der Waals surface area contributed by atoms with E-state index in [2.05, 4.69) is 6.92 Å². The van der Waals surface area contributed by atoms with Crippen LogP contribution in [0.1, 0.15) is 30.6 Å². The minimum absolute atomic E-state index is 0.230. The molecule has 15 heavy (non-hydrogen) atoms. The molecule has 82 valence electrons. The second-order valence-corrected chi connectivity index (χ2v) is 5.67. The van der Waals surface area contributed by atoms with Crippen LogP contribution in [-0.2, 0) is 5.75 Å². The summed E-state index contributed by atoms with van der Waals surface area (Å²) in [4.78, 5) is 0. The van der Waals surface area contributed by atoms with Crippen molar-refractivity contribution in [2.45, 2.75) is 30.5 Å². The van der Waals surface area contributed by atoms with Gasteiger partial charge in [-0.2, -0.15) is 11.8 Å². The van der Waals surface area contributed by atoms with Crippen molar-refractivity contribution < 1.29 is 5.11 Å². The van der Waals surface area contributed by atoms with Crippen molar-refractivity contribution in [3.63, 3.8) is 0 Å². The standard InChI is InChI=1S/C11H12Cl2OS/c1-2-9-11(14)10-6(5-15-9)7(12)3-4-8(10)13/h3-4,9,11,14H,2,5H2,1H3. The molecule has 0 saturated carbocycles. The highest BCUT2D eigenvalue weighted by Gasteiger charge is 2.30. The van der Waals surface area contributed by atoms with E-state index in [-0.39, 0.29) is 5.25 Å². The number of aliphatic hydroxyl groups is 1. The molecule has 0 saturated heterocycles. The van der Waals surface area contributed by atoms with Gasteiger partial charge in [-0.1, -0.05) is 30.1 Å². The Morgan fingerprint density at radius 3 is 2.73 bits per heavy atom. The Hall–Kier alpha value is 0.110. The topological polar surface area (TPSA) is 20.2 Å². The summed E-state index contributed by atoms with van der Waals surface area (Å²) in [6.07, 6.45) is 0.448. The van der Waals surface area contributed by atoms with E-state index in [0.717, 1.165) is 23.3 Å². The fourth-order valence-electron chi connectivity index (χ4n) is 1.88. The van der Waals surface area contributed by atoms with Gasteiger partial charge in [0.15, 0.2) is 0 Å². The highest BCUT2D eigenvalue weighted by Crippen LogP contribution is 2.44. The number of thioether (sulfide) groups is 1. The first-order chi connectivity index (χ1) is 7.15. The molecule has 0 radical (unpaired) electrons. The molecular weight excluding hydrogens is 251 g/mol. The van der Waals surface area contributed by atoms with Crippen molar-refractivity contribution in [2.24, 2.45) is 0 Å². The molecule has 4 heteroatoms. The number of rotatable bonds is 1. The SMILES string of the molecule is CCC1SCc2c(Cl)ccc(Cl)c2C1O. The Labute approximate surface area is 104 Å². The smallest absolute Gasteiger partial charge is 0.0926 e. The van der Waals surface area contributed by atoms with E-state index in [4.69, 9.17) is 23.2 Å². The highest BCUT2D eigenvalue weighted by atomic mass is 35.5. The quantitative estimate of drug-likeness (QED) is 0.824. The van der Waals surface area contributed by atoms with Gasteiger partial charge in [0.2, 0.25) is 0 Å². The van der Waals surface area contributed by atoms with Crippen LogP contribution in [0.2, 0.25) is 10.0 Å². The molecular formula is C11H12Cl2OS. The van der Waals surface area contributed by atoms with E-state index in [1.807, 2.05) is 0 Å². The molecule has 0 fully saturated rings. The van der Waals surface area contributed by atoms with E-state index in [0.29, 0.717) is 10.0 Å². The predicted molar refractivity (Wildman–Crippen MR) is 66.8 cm³/mol. The number of hydrogen-bond donors (Lipinski definition) is 1. The summed E-state index contributed by atoms with van der Waals surface area (Å²) in [5.41, 5.74) is 1.82. The molecule has 1 aromatic rings. The molecule has 0 spiro atoms. The summed E-state index contributed by atoms with van der Waals surface area (Å²) in [5.74, 6) is 0.838. The number of halogens is 2. The largest absolute Gasteiger partial charge is 0.387 e. The minimum Gasteiger partial charge on any atom is -0.387 e. The molecule has 0 aromatic heterocycles. The molecule has 1 aromatic carbocycles. The summed E-state index contributed by atoms with van der Waals surface area (Å²) in [6, 6.07) is 3.55. The highest BCUT2D eigenvalue weighted by molar-refractivity contribution is 7.99. The average molecular weight is 263 g/mol. The first-order valence-corrected chi connectivity index (χ1v) is 6.72. The Balaban J connectivity index is 2.50. The minimum atomic E-state index is -0.491. The molecule has 2 rings (SSSR count). The van der Waals surface area contributed by atoms with Crippen molar-refractivity contribution in [2.75, 3.05) is 0 Å². The number of fused-ring (bicyclic) bond motifs is 1. The van der Waals surface area contributed by atoms with Gasteiger partial charge in [0, 0.05) is 26.6 Å². The van der Waals surface area contributed by atoms with Gasteiger partial charge in [0.1, 0.15) is 0 Å². The first kappa shape index (κ1) is 11.6. The van der Waals surface area contributed by atoms with Crippen molar-refractivity contribution in [1.82, 2.24) is 0 Å². The Bertz CT molecular complexity index is 381. The molecule has 0 aliphatic carbocycles. The fraction of sp³-hybridized carbons (Fsp3) is 0.455. The van der Waals surface area contributed by atoms with Gasteiger partial charge < -0.3 is 5.11 Å². The monoisotopic (exact) mass is 262 g/mol. The van der Waals surface area contributed by atoms with Gasteiger partial charge in [0.05, 0.1) is 6.10 Å². The van der Waals surface area contributed by atoms with Crippen LogP contribution < -0.4 is 0 Å². The lowest BCUT2D eigenvalue weighted by molar-refractivity contribution is 0.170. The van der Waals surface area contributed by atoms with E-state index in [1.165, 1.54) is 0 Å². The molecule has 1 aliphatic rings. The zero-order valence-corrected chi connectivity index (χ0v) is 10.7. The third-order valence-electron chi connectivity index (χ3n) is 2.74. The van der Waals surface area contributed by atoms with E-state index < -0.39 is 6.10 Å². The third-order valence-corrected chi connectivity index (χ3v) is 4.90. The van der Waals surface area contributed by atoms with E-state index in [1.54, 1.807) is 23.9 Å². The van der Waals surface area contributed by atoms with Gasteiger partial charge in [-0.05, 0) is 24.1 Å². The molecule has 0 bridgehead atoms. The summed E-state index contributed by atoms with van der Waals surface area (Å²) < 4.78 is 0. The Kier molecular flexibility index (Phi) is 3.51. The molecule has 1 N–H and O–H groups in total. The van der Waals surface area contributed by atoms with Crippen LogP contribution in [0, 0.1) is 0 Å². The lowest BCUT2D eigenvalue weighted by Gasteiger charge is -2.30. The second-order valence-electron chi connectivity index (χ2n) is 3.62. The van der Waals surface area contributed by atoms with Crippen LogP contribution >= 0.6 is 35.0 Å². The summed E-state index contributed by atoms with van der Waals surface area (Å²) in [6.45, 7) is 2.07. The second kappa shape index (κ2) is 4.54. The lowest BCUT2D eigenvalue weighted by atomic mass is 9.99. The number of benzene rings is 1. The van der Waals surface area contributed by atoms with Crippen molar-refractivity contribution >= 4 is 35.0 Å². The van der Waals surface area contributed by atoms with Gasteiger partial charge in [-0.25, -0.2) is 0 Å². The lowest BCUT2D eigenvalue weighted by Crippen LogP contribution is -2.21. The van der Waals surface area contributed by atoms with Gasteiger partial charge in [-0.3, -0.25) is 0 Å². The maximum atomic E-state index is 10.2. The fourth-order valence-corrected chi connectivity index (χ4v) is 3.73. The van der Waals surface area contributed by atoms with Crippen LogP contribution in [0.3, 0.4) is 0 Å². The van der Waals surface area contributed by atoms with Gasteiger partial charge in [-0.15, -0.1) is 0 Å². The van der Waals surface area contributed by atoms with Gasteiger partial charge in [0.25, 0.3) is 0 Å². The molecule has 1 nitrogen and oxygen atoms in total. The van der Waals surface area contributed by atoms with Crippen LogP contribution in [0.5, 0.6) is 0 Å². The maximum Gasteiger partial charge on any atom is 0.0926 e. The summed E-state index contributed by atoms with van der Waals surface area (Å²) >= 11 is 13.9. The molecule has 0 amide bonds. The summed E-state index contributed by atoms with van der Waals surface area (Å²) in [7, 11) is 0. The van der Waals surface area contributed by atoms with E-state index in [9.17, 15) is 5.11 Å². The van der Waals surface area contributed by atoms with Crippen LogP contribution in [0.25, 0.3) is 0 Å². The van der Waals surface area contributed by atoms with Crippen LogP contribution in [0.4, 0.5) is 0 Å². The number of aliphatic hydroxyl groups excluding tert-OH is 1. The Morgan fingerprint density at radius 1 is 1.40 bits per heavy atom. The molecule has 2 atom stereocenters. The van der Waals surface area contributed by atoms with Crippen molar-refractivity contribution in [3.05, 3.63) is 33.3 Å². The Morgan fingerprint density at radius 2 is 2.07 bits per heavy atom. The zero-order valence-electron chi connectivity index (χ0n) is 8.34. The normalized spacial score (nSPS) is 25.1. The van der Waals surface area contributed by atoms with Crippen molar-refractivity contribution in [1.29, 1.82) is 0 Å². The van der Waals surface area contributed by atoms with E-state index >= 15 is 0 Å². The first-order valence-electron chi connectivity index (χ1n) is 4.91. The number of hydrogen-bond acceptors (Lipinski definition) is 2. The maximum absolute atomic E-state index is 10.2. The molecule has 1 aliphatic heterocycles. The zero-order chi connectivity index (χ0) is 11.0.